The second-order valence-corrected chi connectivity index (χ2v) is 6.45. The van der Waals surface area contributed by atoms with Gasteiger partial charge in [-0.2, -0.15) is 5.10 Å². The fourth-order valence-electron chi connectivity index (χ4n) is 2.36. The van der Waals surface area contributed by atoms with Crippen molar-refractivity contribution < 1.29 is 14.3 Å². The summed E-state index contributed by atoms with van der Waals surface area (Å²) >= 11 is 1.54. The highest BCUT2D eigenvalue weighted by molar-refractivity contribution is 7.20. The van der Waals surface area contributed by atoms with Crippen LogP contribution in [0.5, 0.6) is 11.5 Å². The summed E-state index contributed by atoms with van der Waals surface area (Å²) in [5, 5.41) is 4.95. The molecule has 1 heterocycles. The van der Waals surface area contributed by atoms with Crippen LogP contribution in [0.1, 0.15) is 29.2 Å². The van der Waals surface area contributed by atoms with Crippen molar-refractivity contribution in [2.45, 2.75) is 13.8 Å². The van der Waals surface area contributed by atoms with E-state index in [1.165, 1.54) is 18.4 Å². The van der Waals surface area contributed by atoms with Crippen molar-refractivity contribution in [2.75, 3.05) is 13.7 Å². The zero-order valence-electron chi connectivity index (χ0n) is 14.8. The second kappa shape index (κ2) is 7.97. The molecule has 0 atom stereocenters. The van der Waals surface area contributed by atoms with Gasteiger partial charge in [0.25, 0.3) is 5.91 Å². The summed E-state index contributed by atoms with van der Waals surface area (Å²) < 4.78 is 11.8. The van der Waals surface area contributed by atoms with Crippen molar-refractivity contribution in [1.82, 2.24) is 10.4 Å². The van der Waals surface area contributed by atoms with Crippen molar-refractivity contribution in [3.05, 3.63) is 53.0 Å². The van der Waals surface area contributed by atoms with Gasteiger partial charge >= 0.3 is 0 Å². The van der Waals surface area contributed by atoms with E-state index >= 15 is 0 Å². The van der Waals surface area contributed by atoms with E-state index in [2.05, 4.69) is 15.5 Å². The molecule has 0 saturated carbocycles. The summed E-state index contributed by atoms with van der Waals surface area (Å²) in [6, 6.07) is 12.9. The number of nitrogens with one attached hydrogen (secondary N) is 1. The van der Waals surface area contributed by atoms with Crippen LogP contribution in [0.25, 0.3) is 10.2 Å². The van der Waals surface area contributed by atoms with Gasteiger partial charge in [-0.05, 0) is 44.2 Å². The van der Waals surface area contributed by atoms with Crippen molar-refractivity contribution in [3.8, 4) is 11.5 Å². The van der Waals surface area contributed by atoms with Gasteiger partial charge in [0, 0.05) is 5.56 Å². The molecular weight excluding hydrogens is 350 g/mol. The van der Waals surface area contributed by atoms with Crippen LogP contribution in [0.2, 0.25) is 0 Å². The van der Waals surface area contributed by atoms with Gasteiger partial charge in [0.15, 0.2) is 11.5 Å². The normalized spacial score (nSPS) is 11.4. The Kier molecular flexibility index (Phi) is 5.48. The minimum atomic E-state index is -0.327. The van der Waals surface area contributed by atoms with Crippen LogP contribution in [-0.2, 0) is 0 Å². The molecule has 0 radical (unpaired) electrons. The maximum Gasteiger partial charge on any atom is 0.271 e. The van der Waals surface area contributed by atoms with Crippen molar-refractivity contribution >= 4 is 33.2 Å². The van der Waals surface area contributed by atoms with Gasteiger partial charge in [-0.25, -0.2) is 10.4 Å². The second-order valence-electron chi connectivity index (χ2n) is 5.42. The van der Waals surface area contributed by atoms with E-state index in [1.54, 1.807) is 18.2 Å². The van der Waals surface area contributed by atoms with Gasteiger partial charge in [0.1, 0.15) is 5.01 Å². The average molecular weight is 369 g/mol. The first-order valence-electron chi connectivity index (χ1n) is 8.13. The summed E-state index contributed by atoms with van der Waals surface area (Å²) in [5.41, 5.74) is 4.57. The highest BCUT2D eigenvalue weighted by Gasteiger charge is 2.12. The molecule has 0 fully saturated rings. The molecule has 0 bridgehead atoms. The van der Waals surface area contributed by atoms with Crippen LogP contribution >= 0.6 is 11.3 Å². The molecule has 0 aliphatic heterocycles. The fourth-order valence-corrected chi connectivity index (χ4v) is 3.27. The number of carbonyl (C=O) groups is 1. The first-order chi connectivity index (χ1) is 12.6. The number of aromatic nitrogens is 1. The van der Waals surface area contributed by atoms with Crippen LogP contribution in [0.4, 0.5) is 0 Å². The summed E-state index contributed by atoms with van der Waals surface area (Å²) in [5.74, 6) is 0.777. The molecule has 0 saturated heterocycles. The van der Waals surface area contributed by atoms with Gasteiger partial charge in [0.2, 0.25) is 0 Å². The molecule has 26 heavy (non-hydrogen) atoms. The largest absolute Gasteiger partial charge is 0.493 e. The molecule has 1 amide bonds. The number of hydrogen-bond donors (Lipinski definition) is 1. The third kappa shape index (κ3) is 3.83. The number of para-hydroxylation sites is 1. The first kappa shape index (κ1) is 17.9. The molecule has 2 aromatic carbocycles. The lowest BCUT2D eigenvalue weighted by atomic mass is 10.2. The Morgan fingerprint density at radius 2 is 2.04 bits per heavy atom. The maximum atomic E-state index is 12.4. The predicted octanol–water partition coefficient (Wildman–Crippen LogP) is 3.86. The Balaban J connectivity index is 1.75. The third-order valence-corrected chi connectivity index (χ3v) is 4.80. The summed E-state index contributed by atoms with van der Waals surface area (Å²) in [4.78, 5) is 16.9. The van der Waals surface area contributed by atoms with Gasteiger partial charge < -0.3 is 9.47 Å². The summed E-state index contributed by atoms with van der Waals surface area (Å²) in [6.07, 6.45) is 0. The van der Waals surface area contributed by atoms with Crippen molar-refractivity contribution in [1.29, 1.82) is 0 Å². The third-order valence-electron chi connectivity index (χ3n) is 3.65. The molecule has 134 valence electrons. The lowest BCUT2D eigenvalue weighted by Gasteiger charge is -2.10. The lowest BCUT2D eigenvalue weighted by molar-refractivity contribution is 0.0954. The lowest BCUT2D eigenvalue weighted by Crippen LogP contribution is -2.19. The molecule has 1 N–H and O–H groups in total. The molecule has 3 rings (SSSR count). The van der Waals surface area contributed by atoms with Gasteiger partial charge in [0.05, 0.1) is 29.6 Å². The Labute approximate surface area is 155 Å². The Morgan fingerprint density at radius 3 is 2.77 bits per heavy atom. The molecular formula is C19H19N3O3S. The van der Waals surface area contributed by atoms with Gasteiger partial charge in [-0.1, -0.05) is 12.1 Å². The molecule has 0 spiro atoms. The maximum absolute atomic E-state index is 12.4. The molecule has 7 heteroatoms. The van der Waals surface area contributed by atoms with Crippen molar-refractivity contribution in [3.63, 3.8) is 0 Å². The van der Waals surface area contributed by atoms with Crippen LogP contribution in [0.3, 0.4) is 0 Å². The van der Waals surface area contributed by atoms with E-state index in [4.69, 9.17) is 9.47 Å². The van der Waals surface area contributed by atoms with Crippen LogP contribution < -0.4 is 14.9 Å². The number of amides is 1. The quantitative estimate of drug-likeness (QED) is 0.529. The molecule has 1 aromatic heterocycles. The zero-order chi connectivity index (χ0) is 18.5. The highest BCUT2D eigenvalue weighted by atomic mass is 32.1. The predicted molar refractivity (Wildman–Crippen MR) is 103 cm³/mol. The monoisotopic (exact) mass is 369 g/mol. The van der Waals surface area contributed by atoms with E-state index in [0.717, 1.165) is 15.2 Å². The number of ether oxygens (including phenoxy) is 2. The number of carbonyl (C=O) groups excluding carboxylic acids is 1. The molecule has 3 aromatic rings. The molecule has 0 aliphatic rings. The van der Waals surface area contributed by atoms with Crippen LogP contribution in [0, 0.1) is 0 Å². The fraction of sp³-hybridized carbons (Fsp3) is 0.211. The molecule has 0 aliphatic carbocycles. The van der Waals surface area contributed by atoms with E-state index < -0.39 is 0 Å². The average Bonchev–Trinajstić information content (AvgIpc) is 3.10. The Hall–Kier alpha value is -2.93. The van der Waals surface area contributed by atoms with E-state index in [0.29, 0.717) is 29.4 Å². The molecule has 6 nitrogen and oxygen atoms in total. The minimum Gasteiger partial charge on any atom is -0.493 e. The first-order valence-corrected chi connectivity index (χ1v) is 8.95. The number of rotatable bonds is 6. The van der Waals surface area contributed by atoms with Gasteiger partial charge in [-0.15, -0.1) is 11.3 Å². The van der Waals surface area contributed by atoms with E-state index in [-0.39, 0.29) is 5.91 Å². The van der Waals surface area contributed by atoms with E-state index in [9.17, 15) is 4.79 Å². The highest BCUT2D eigenvalue weighted by Crippen LogP contribution is 2.28. The zero-order valence-corrected chi connectivity index (χ0v) is 15.6. The number of thiazole rings is 1. The smallest absolute Gasteiger partial charge is 0.271 e. The number of nitrogens with zero attached hydrogens (tertiary/aromatic N) is 2. The number of fused-ring (bicyclic) bond motifs is 1. The number of methoxy groups -OCH3 is 1. The number of hydrogen-bond acceptors (Lipinski definition) is 6. The Bertz CT molecular complexity index is 933. The van der Waals surface area contributed by atoms with Gasteiger partial charge in [-0.3, -0.25) is 4.79 Å². The summed E-state index contributed by atoms with van der Waals surface area (Å²) in [6.45, 7) is 4.23. The van der Waals surface area contributed by atoms with E-state index in [1.807, 2.05) is 38.1 Å². The number of hydrazone groups is 1. The SMILES string of the molecule is CCOc1ccc(C(=O)N/N=C(/C)c2nc3ccccc3s2)cc1OC. The summed E-state index contributed by atoms with van der Waals surface area (Å²) in [7, 11) is 1.54. The minimum absolute atomic E-state index is 0.327. The molecule has 0 unspecified atom stereocenters. The number of benzene rings is 2. The van der Waals surface area contributed by atoms with Crippen LogP contribution in [-0.4, -0.2) is 30.3 Å². The standard InChI is InChI=1S/C19H19N3O3S/c1-4-25-15-10-9-13(11-16(15)24-3)18(23)22-21-12(2)19-20-14-7-5-6-8-17(14)26-19/h5-11H,4H2,1-3H3,(H,22,23)/b21-12-. The topological polar surface area (TPSA) is 72.8 Å². The van der Waals surface area contributed by atoms with Crippen molar-refractivity contribution in [2.24, 2.45) is 5.10 Å². The Morgan fingerprint density at radius 1 is 1.23 bits per heavy atom. The van der Waals surface area contributed by atoms with Crippen LogP contribution in [0.15, 0.2) is 47.6 Å².